The molecule has 0 fully saturated rings. The van der Waals surface area contributed by atoms with Gasteiger partial charge in [-0.25, -0.2) is 4.98 Å². The monoisotopic (exact) mass is 287 g/mol. The second kappa shape index (κ2) is 4.96. The molecule has 5 heteroatoms. The van der Waals surface area contributed by atoms with E-state index < -0.39 is 0 Å². The lowest BCUT2D eigenvalue weighted by molar-refractivity contribution is 0.997. The Morgan fingerprint density at radius 1 is 0.818 bits per heavy atom. The van der Waals surface area contributed by atoms with Crippen LogP contribution in [0.5, 0.6) is 0 Å². The van der Waals surface area contributed by atoms with Crippen molar-refractivity contribution in [3.63, 3.8) is 0 Å². The number of H-pyrrole nitrogens is 1. The first kappa shape index (κ1) is 12.5. The largest absolute Gasteiger partial charge is 0.366 e. The van der Waals surface area contributed by atoms with Crippen molar-refractivity contribution in [3.05, 3.63) is 60.8 Å². The van der Waals surface area contributed by atoms with Crippen LogP contribution in [0.2, 0.25) is 0 Å². The Morgan fingerprint density at radius 3 is 2.55 bits per heavy atom. The zero-order chi connectivity index (χ0) is 14.9. The molecule has 0 amide bonds. The Kier molecular flexibility index (Phi) is 2.83. The van der Waals surface area contributed by atoms with Gasteiger partial charge in [0.1, 0.15) is 11.4 Å². The van der Waals surface area contributed by atoms with Crippen LogP contribution in [0.4, 0.5) is 5.95 Å². The molecule has 0 atom stereocenters. The van der Waals surface area contributed by atoms with E-state index in [-0.39, 0.29) is 5.95 Å². The average molecular weight is 287 g/mol. The third-order valence-electron chi connectivity index (χ3n) is 3.58. The molecular weight excluding hydrogens is 274 g/mol. The van der Waals surface area contributed by atoms with E-state index in [2.05, 4.69) is 20.2 Å². The molecule has 3 N–H and O–H groups in total. The van der Waals surface area contributed by atoms with Crippen LogP contribution in [0, 0.1) is 0 Å². The summed E-state index contributed by atoms with van der Waals surface area (Å²) in [5.74, 6) is 0.170. The number of aromatic nitrogens is 4. The fourth-order valence-electron chi connectivity index (χ4n) is 2.53. The third-order valence-corrected chi connectivity index (χ3v) is 3.58. The van der Waals surface area contributed by atoms with Gasteiger partial charge < -0.3 is 10.7 Å². The van der Waals surface area contributed by atoms with Crippen LogP contribution in [0.25, 0.3) is 33.4 Å². The molecule has 0 spiro atoms. The van der Waals surface area contributed by atoms with Crippen LogP contribution in [0.3, 0.4) is 0 Å². The minimum atomic E-state index is 0.170. The van der Waals surface area contributed by atoms with E-state index in [4.69, 9.17) is 5.73 Å². The number of fused-ring (bicyclic) bond motifs is 1. The molecule has 2 aromatic heterocycles. The van der Waals surface area contributed by atoms with E-state index in [0.29, 0.717) is 0 Å². The molecule has 2 aromatic carbocycles. The van der Waals surface area contributed by atoms with Gasteiger partial charge in [-0.2, -0.15) is 0 Å². The molecule has 106 valence electrons. The standard InChI is InChI=1S/C17H13N5/c18-17-20-15(12-4-2-1-3-5-12)16(21-22-17)13-7-6-11-8-9-19-14(11)10-13/h1-10,19H,(H2,18,20,22). The van der Waals surface area contributed by atoms with Crippen molar-refractivity contribution in [2.45, 2.75) is 0 Å². The Balaban J connectivity index is 1.94. The predicted molar refractivity (Wildman–Crippen MR) is 87.0 cm³/mol. The number of nitrogens with one attached hydrogen (secondary N) is 1. The lowest BCUT2D eigenvalue weighted by atomic mass is 10.0. The normalized spacial score (nSPS) is 10.9. The van der Waals surface area contributed by atoms with E-state index >= 15 is 0 Å². The average Bonchev–Trinajstić information content (AvgIpc) is 3.03. The second-order valence-corrected chi connectivity index (χ2v) is 5.01. The first-order valence-corrected chi connectivity index (χ1v) is 6.94. The molecule has 0 saturated heterocycles. The van der Waals surface area contributed by atoms with Gasteiger partial charge in [0.15, 0.2) is 0 Å². The molecule has 0 radical (unpaired) electrons. The summed E-state index contributed by atoms with van der Waals surface area (Å²) in [5, 5.41) is 9.33. The number of rotatable bonds is 2. The van der Waals surface area contributed by atoms with Crippen LogP contribution < -0.4 is 5.73 Å². The van der Waals surface area contributed by atoms with Crippen molar-refractivity contribution in [1.29, 1.82) is 0 Å². The second-order valence-electron chi connectivity index (χ2n) is 5.01. The van der Waals surface area contributed by atoms with E-state index in [1.807, 2.05) is 60.8 Å². The van der Waals surface area contributed by atoms with Gasteiger partial charge in [0, 0.05) is 22.8 Å². The van der Waals surface area contributed by atoms with Gasteiger partial charge in [-0.3, -0.25) is 0 Å². The van der Waals surface area contributed by atoms with E-state index in [9.17, 15) is 0 Å². The molecule has 0 unspecified atom stereocenters. The van der Waals surface area contributed by atoms with Crippen molar-refractivity contribution in [1.82, 2.24) is 20.2 Å². The van der Waals surface area contributed by atoms with Crippen molar-refractivity contribution in [2.24, 2.45) is 0 Å². The van der Waals surface area contributed by atoms with Crippen molar-refractivity contribution >= 4 is 16.9 Å². The minimum Gasteiger partial charge on any atom is -0.366 e. The summed E-state index contributed by atoms with van der Waals surface area (Å²) in [6, 6.07) is 18.0. The maximum Gasteiger partial charge on any atom is 0.240 e. The number of aromatic amines is 1. The number of nitrogens with zero attached hydrogens (tertiary/aromatic N) is 3. The number of nitrogen functional groups attached to an aromatic ring is 1. The number of nitrogens with two attached hydrogens (primary N) is 1. The Labute approximate surface area is 126 Å². The third kappa shape index (κ3) is 2.09. The number of anilines is 1. The Morgan fingerprint density at radius 2 is 1.68 bits per heavy atom. The highest BCUT2D eigenvalue weighted by molar-refractivity contribution is 5.87. The topological polar surface area (TPSA) is 80.5 Å². The van der Waals surface area contributed by atoms with Gasteiger partial charge in [0.05, 0.1) is 0 Å². The van der Waals surface area contributed by atoms with Gasteiger partial charge in [0.2, 0.25) is 5.95 Å². The van der Waals surface area contributed by atoms with Gasteiger partial charge >= 0.3 is 0 Å². The molecule has 0 aliphatic carbocycles. The van der Waals surface area contributed by atoms with E-state index in [1.165, 1.54) is 0 Å². The van der Waals surface area contributed by atoms with E-state index in [0.717, 1.165) is 33.4 Å². The van der Waals surface area contributed by atoms with Gasteiger partial charge in [-0.15, -0.1) is 10.2 Å². The lowest BCUT2D eigenvalue weighted by Crippen LogP contribution is -2.02. The molecule has 0 saturated carbocycles. The highest BCUT2D eigenvalue weighted by atomic mass is 15.2. The van der Waals surface area contributed by atoms with Crippen LogP contribution in [0.15, 0.2) is 60.8 Å². The Bertz CT molecular complexity index is 944. The molecule has 22 heavy (non-hydrogen) atoms. The summed E-state index contributed by atoms with van der Waals surface area (Å²) in [7, 11) is 0. The Hall–Kier alpha value is -3.21. The quantitative estimate of drug-likeness (QED) is 0.593. The highest BCUT2D eigenvalue weighted by Crippen LogP contribution is 2.30. The van der Waals surface area contributed by atoms with Crippen molar-refractivity contribution < 1.29 is 0 Å². The summed E-state index contributed by atoms with van der Waals surface area (Å²) < 4.78 is 0. The van der Waals surface area contributed by atoms with Crippen LogP contribution >= 0.6 is 0 Å². The minimum absolute atomic E-state index is 0.170. The van der Waals surface area contributed by atoms with Crippen molar-refractivity contribution in [2.75, 3.05) is 5.73 Å². The highest BCUT2D eigenvalue weighted by Gasteiger charge is 2.13. The molecule has 0 aliphatic rings. The fourth-order valence-corrected chi connectivity index (χ4v) is 2.53. The van der Waals surface area contributed by atoms with Gasteiger partial charge in [-0.1, -0.05) is 42.5 Å². The van der Waals surface area contributed by atoms with E-state index in [1.54, 1.807) is 0 Å². The van der Waals surface area contributed by atoms with Gasteiger partial charge in [0.25, 0.3) is 0 Å². The van der Waals surface area contributed by atoms with Crippen LogP contribution in [0.1, 0.15) is 0 Å². The van der Waals surface area contributed by atoms with Crippen LogP contribution in [-0.4, -0.2) is 20.2 Å². The maximum absolute atomic E-state index is 5.73. The molecule has 0 aliphatic heterocycles. The summed E-state index contributed by atoms with van der Waals surface area (Å²) in [5.41, 5.74) is 10.1. The SMILES string of the molecule is Nc1nnc(-c2ccc3cc[nH]c3c2)c(-c2ccccc2)n1. The summed E-state index contributed by atoms with van der Waals surface area (Å²) >= 11 is 0. The first-order chi connectivity index (χ1) is 10.8. The number of hydrogen-bond acceptors (Lipinski definition) is 4. The maximum atomic E-state index is 5.73. The molecule has 2 heterocycles. The lowest BCUT2D eigenvalue weighted by Gasteiger charge is -2.08. The zero-order valence-corrected chi connectivity index (χ0v) is 11.7. The summed E-state index contributed by atoms with van der Waals surface area (Å²) in [6.45, 7) is 0. The number of hydrogen-bond donors (Lipinski definition) is 2. The summed E-state index contributed by atoms with van der Waals surface area (Å²) in [4.78, 5) is 7.59. The predicted octanol–water partition coefficient (Wildman–Crippen LogP) is 3.27. The molecule has 4 rings (SSSR count). The van der Waals surface area contributed by atoms with Gasteiger partial charge in [-0.05, 0) is 17.5 Å². The molecular formula is C17H13N5. The molecule has 0 bridgehead atoms. The zero-order valence-electron chi connectivity index (χ0n) is 11.7. The fraction of sp³-hybridized carbons (Fsp3) is 0. The number of benzene rings is 2. The molecule has 4 aromatic rings. The molecule has 5 nitrogen and oxygen atoms in total. The van der Waals surface area contributed by atoms with Crippen LogP contribution in [-0.2, 0) is 0 Å². The van der Waals surface area contributed by atoms with Crippen molar-refractivity contribution in [3.8, 4) is 22.5 Å². The first-order valence-electron chi connectivity index (χ1n) is 6.94. The smallest absolute Gasteiger partial charge is 0.240 e. The summed E-state index contributed by atoms with van der Waals surface area (Å²) in [6.07, 6.45) is 1.92.